The number of hydrogen-bond acceptors (Lipinski definition) is 2. The van der Waals surface area contributed by atoms with Crippen molar-refractivity contribution in [2.24, 2.45) is 0 Å². The van der Waals surface area contributed by atoms with E-state index in [0.29, 0.717) is 12.0 Å². The van der Waals surface area contributed by atoms with Gasteiger partial charge in [-0.25, -0.2) is 0 Å². The minimum Gasteiger partial charge on any atom is -0.504 e. The molecule has 2 heteroatoms. The van der Waals surface area contributed by atoms with Gasteiger partial charge in [0.2, 0.25) is 5.43 Å². The Hall–Kier alpha value is -1.75. The van der Waals surface area contributed by atoms with Crippen molar-refractivity contribution in [1.29, 1.82) is 0 Å². The number of aromatic hydroxyl groups is 1. The smallest absolute Gasteiger partial charge is 0.220 e. The Morgan fingerprint density at radius 3 is 2.77 bits per heavy atom. The zero-order chi connectivity index (χ0) is 9.68. The molecule has 66 valence electrons. The van der Waals surface area contributed by atoms with Gasteiger partial charge in [-0.05, 0) is 13.0 Å². The first-order valence-electron chi connectivity index (χ1n) is 3.96. The Kier molecular flexibility index (Phi) is 3.10. The monoisotopic (exact) mass is 174 g/mol. The molecule has 0 aliphatic carbocycles. The van der Waals surface area contributed by atoms with Crippen molar-refractivity contribution in [1.82, 2.24) is 0 Å². The molecule has 0 unspecified atom stereocenters. The third-order valence-corrected chi connectivity index (χ3v) is 1.65. The van der Waals surface area contributed by atoms with Gasteiger partial charge in [0.25, 0.3) is 0 Å². The van der Waals surface area contributed by atoms with Crippen LogP contribution in [0.15, 0.2) is 29.1 Å². The van der Waals surface area contributed by atoms with Crippen LogP contribution in [0.5, 0.6) is 5.75 Å². The lowest BCUT2D eigenvalue weighted by molar-refractivity contribution is 0.466. The Labute approximate surface area is 76.9 Å². The van der Waals surface area contributed by atoms with Crippen molar-refractivity contribution in [3.8, 4) is 17.6 Å². The van der Waals surface area contributed by atoms with Crippen LogP contribution in [0.25, 0.3) is 0 Å². The van der Waals surface area contributed by atoms with Gasteiger partial charge >= 0.3 is 0 Å². The molecule has 0 fully saturated rings. The molecule has 1 aromatic carbocycles. The maximum Gasteiger partial charge on any atom is 0.220 e. The van der Waals surface area contributed by atoms with Crippen molar-refractivity contribution < 1.29 is 5.11 Å². The average molecular weight is 174 g/mol. The van der Waals surface area contributed by atoms with E-state index in [2.05, 4.69) is 11.8 Å². The van der Waals surface area contributed by atoms with Gasteiger partial charge in [-0.3, -0.25) is 4.79 Å². The largest absolute Gasteiger partial charge is 0.504 e. The summed E-state index contributed by atoms with van der Waals surface area (Å²) in [6, 6.07) is 6.35. The fourth-order valence-corrected chi connectivity index (χ4v) is 0.957. The van der Waals surface area contributed by atoms with E-state index in [1.807, 2.05) is 0 Å². The van der Waals surface area contributed by atoms with Crippen LogP contribution in [0.4, 0.5) is 0 Å². The third-order valence-electron chi connectivity index (χ3n) is 1.65. The van der Waals surface area contributed by atoms with E-state index in [1.54, 1.807) is 25.1 Å². The molecule has 13 heavy (non-hydrogen) atoms. The first kappa shape index (κ1) is 9.34. The van der Waals surface area contributed by atoms with Crippen molar-refractivity contribution in [3.63, 3.8) is 0 Å². The van der Waals surface area contributed by atoms with E-state index in [9.17, 15) is 9.90 Å². The second kappa shape index (κ2) is 4.32. The van der Waals surface area contributed by atoms with E-state index < -0.39 is 0 Å². The van der Waals surface area contributed by atoms with Crippen LogP contribution < -0.4 is 5.43 Å². The Balaban J connectivity index is 3.21. The number of hydrogen-bond donors (Lipinski definition) is 1. The van der Waals surface area contributed by atoms with E-state index in [4.69, 9.17) is 0 Å². The van der Waals surface area contributed by atoms with Crippen molar-refractivity contribution in [2.45, 2.75) is 13.3 Å². The van der Waals surface area contributed by atoms with Gasteiger partial charge in [-0.15, -0.1) is 5.92 Å². The normalized spacial score (nSPS) is 8.69. The maximum absolute atomic E-state index is 11.1. The summed E-state index contributed by atoms with van der Waals surface area (Å²) in [6.07, 6.45) is 0.409. The molecule has 1 rings (SSSR count). The maximum atomic E-state index is 11.1. The van der Waals surface area contributed by atoms with E-state index >= 15 is 0 Å². The van der Waals surface area contributed by atoms with Crippen LogP contribution in [-0.4, -0.2) is 5.11 Å². The first-order chi connectivity index (χ1) is 6.25. The molecule has 0 radical (unpaired) electrons. The molecule has 0 amide bonds. The predicted octanol–water partition coefficient (Wildman–Crippen LogP) is 1.32. The molecule has 2 nitrogen and oxygen atoms in total. The van der Waals surface area contributed by atoms with Crippen LogP contribution in [0.3, 0.4) is 0 Å². The van der Waals surface area contributed by atoms with Gasteiger partial charge in [-0.2, -0.15) is 0 Å². The second-order valence-electron chi connectivity index (χ2n) is 2.56. The molecule has 1 aromatic rings. The molecule has 0 aliphatic heterocycles. The Bertz CT molecular complexity index is 410. The fraction of sp³-hybridized carbons (Fsp3) is 0.182. The standard InChI is InChI=1S/C11H10O2/c1-2-3-6-9-7-4-5-8-10(12)11(9)13/h4-5,7-8H,6H2,1H3,(H,12,13). The van der Waals surface area contributed by atoms with Gasteiger partial charge in [0.05, 0.1) is 0 Å². The first-order valence-corrected chi connectivity index (χ1v) is 3.96. The van der Waals surface area contributed by atoms with Gasteiger partial charge < -0.3 is 5.11 Å². The quantitative estimate of drug-likeness (QED) is 0.652. The summed E-state index contributed by atoms with van der Waals surface area (Å²) in [5, 5.41) is 9.40. The van der Waals surface area contributed by atoms with Crippen LogP contribution >= 0.6 is 0 Å². The molecule has 0 saturated carbocycles. The van der Waals surface area contributed by atoms with Crippen LogP contribution in [0.1, 0.15) is 12.5 Å². The molecule has 1 N–H and O–H groups in total. The average Bonchev–Trinajstić information content (AvgIpc) is 2.28. The van der Waals surface area contributed by atoms with Crippen LogP contribution in [0.2, 0.25) is 0 Å². The highest BCUT2D eigenvalue weighted by molar-refractivity contribution is 5.33. The molecule has 0 heterocycles. The zero-order valence-corrected chi connectivity index (χ0v) is 7.37. The van der Waals surface area contributed by atoms with Crippen molar-refractivity contribution in [3.05, 3.63) is 40.1 Å². The van der Waals surface area contributed by atoms with E-state index in [-0.39, 0.29) is 11.2 Å². The van der Waals surface area contributed by atoms with Crippen LogP contribution in [0, 0.1) is 11.8 Å². The topological polar surface area (TPSA) is 37.3 Å². The van der Waals surface area contributed by atoms with E-state index in [1.165, 1.54) is 6.07 Å². The molecular weight excluding hydrogens is 164 g/mol. The summed E-state index contributed by atoms with van der Waals surface area (Å²) in [4.78, 5) is 11.1. The van der Waals surface area contributed by atoms with Gasteiger partial charge in [0.15, 0.2) is 5.75 Å². The molecular formula is C11H10O2. The lowest BCUT2D eigenvalue weighted by atomic mass is 10.2. The van der Waals surface area contributed by atoms with Gasteiger partial charge in [0.1, 0.15) is 0 Å². The summed E-state index contributed by atoms with van der Waals surface area (Å²) >= 11 is 0. The Morgan fingerprint density at radius 2 is 2.08 bits per heavy atom. The minimum atomic E-state index is -0.363. The third kappa shape index (κ3) is 2.34. The molecule has 0 saturated heterocycles. The summed E-state index contributed by atoms with van der Waals surface area (Å²) < 4.78 is 0. The molecule has 0 aliphatic rings. The van der Waals surface area contributed by atoms with Crippen molar-refractivity contribution >= 4 is 0 Å². The lowest BCUT2D eigenvalue weighted by Crippen LogP contribution is -1.96. The zero-order valence-electron chi connectivity index (χ0n) is 7.37. The second-order valence-corrected chi connectivity index (χ2v) is 2.56. The summed E-state index contributed by atoms with van der Waals surface area (Å²) in [5.74, 6) is 5.31. The van der Waals surface area contributed by atoms with Gasteiger partial charge in [-0.1, -0.05) is 24.1 Å². The van der Waals surface area contributed by atoms with Gasteiger partial charge in [0, 0.05) is 12.0 Å². The predicted molar refractivity (Wildman–Crippen MR) is 51.5 cm³/mol. The summed E-state index contributed by atoms with van der Waals surface area (Å²) in [5.41, 5.74) is 0.210. The lowest BCUT2D eigenvalue weighted by Gasteiger charge is -1.92. The molecule has 0 bridgehead atoms. The molecule has 0 atom stereocenters. The highest BCUT2D eigenvalue weighted by atomic mass is 16.3. The van der Waals surface area contributed by atoms with E-state index in [0.717, 1.165) is 0 Å². The molecule has 0 aromatic heterocycles. The fourth-order valence-electron chi connectivity index (χ4n) is 0.957. The SMILES string of the molecule is CC#CCc1ccccc(=O)c1O. The highest BCUT2D eigenvalue weighted by Gasteiger charge is 1.99. The minimum absolute atomic E-state index is 0.201. The number of rotatable bonds is 1. The Morgan fingerprint density at radius 1 is 1.38 bits per heavy atom. The highest BCUT2D eigenvalue weighted by Crippen LogP contribution is 2.09. The van der Waals surface area contributed by atoms with Crippen molar-refractivity contribution in [2.75, 3.05) is 0 Å². The molecule has 0 spiro atoms. The summed E-state index contributed by atoms with van der Waals surface area (Å²) in [6.45, 7) is 1.72. The van der Waals surface area contributed by atoms with Crippen LogP contribution in [-0.2, 0) is 6.42 Å². The summed E-state index contributed by atoms with van der Waals surface area (Å²) in [7, 11) is 0.